The number of benzene rings is 2. The number of aromatic nitrogens is 1. The van der Waals surface area contributed by atoms with Crippen LogP contribution >= 0.6 is 11.6 Å². The summed E-state index contributed by atoms with van der Waals surface area (Å²) < 4.78 is 7.38. The Bertz CT molecular complexity index is 996. The topological polar surface area (TPSA) is 55.6 Å². The Balaban J connectivity index is 1.77. The number of halogens is 1. The van der Waals surface area contributed by atoms with Crippen molar-refractivity contribution in [2.45, 2.75) is 20.0 Å². The number of hydrogen-bond acceptors (Lipinski definition) is 3. The first-order chi connectivity index (χ1) is 13.5. The normalized spacial score (nSPS) is 12.3. The number of carbonyl (C=O) groups excluding carboxylic acids is 1. The van der Waals surface area contributed by atoms with Gasteiger partial charge in [-0.15, -0.1) is 0 Å². The van der Waals surface area contributed by atoms with Gasteiger partial charge in [-0.05, 0) is 37.6 Å². The number of rotatable bonds is 6. The summed E-state index contributed by atoms with van der Waals surface area (Å²) >= 11 is 6.34. The van der Waals surface area contributed by atoms with Crippen LogP contribution in [-0.2, 0) is 9.53 Å². The van der Waals surface area contributed by atoms with Gasteiger partial charge in [0.1, 0.15) is 0 Å². The van der Waals surface area contributed by atoms with Crippen molar-refractivity contribution in [1.29, 1.82) is 0 Å². The molecule has 3 rings (SSSR count). The Morgan fingerprint density at radius 3 is 2.50 bits per heavy atom. The number of hydrazone groups is 1. The molecule has 1 atom stereocenters. The third-order valence-electron chi connectivity index (χ3n) is 4.52. The van der Waals surface area contributed by atoms with Gasteiger partial charge in [0.05, 0.1) is 16.9 Å². The van der Waals surface area contributed by atoms with E-state index in [0.29, 0.717) is 5.02 Å². The Morgan fingerprint density at radius 1 is 1.14 bits per heavy atom. The molecule has 0 bridgehead atoms. The van der Waals surface area contributed by atoms with E-state index < -0.39 is 6.10 Å². The molecule has 6 heteroatoms. The lowest BCUT2D eigenvalue weighted by Gasteiger charge is -2.13. The first-order valence-corrected chi connectivity index (χ1v) is 9.25. The number of hydrogen-bond donors (Lipinski definition) is 1. The van der Waals surface area contributed by atoms with Crippen LogP contribution in [0.2, 0.25) is 5.02 Å². The van der Waals surface area contributed by atoms with Gasteiger partial charge in [-0.25, -0.2) is 5.43 Å². The predicted octanol–water partition coefficient (Wildman–Crippen LogP) is 4.59. The maximum Gasteiger partial charge on any atom is 0.273 e. The summed E-state index contributed by atoms with van der Waals surface area (Å²) in [5, 5.41) is 4.79. The monoisotopic (exact) mass is 395 g/mol. The largest absolute Gasteiger partial charge is 0.367 e. The Labute approximate surface area is 169 Å². The molecule has 0 saturated heterocycles. The van der Waals surface area contributed by atoms with Crippen LogP contribution in [0.15, 0.2) is 65.8 Å². The zero-order valence-electron chi connectivity index (χ0n) is 16.0. The Hall–Kier alpha value is -2.89. The van der Waals surface area contributed by atoms with E-state index in [0.717, 1.165) is 28.2 Å². The third kappa shape index (κ3) is 4.16. The fraction of sp³-hybridized carbons (Fsp3) is 0.182. The molecule has 0 saturated carbocycles. The molecule has 2 aromatic carbocycles. The maximum atomic E-state index is 12.4. The van der Waals surface area contributed by atoms with E-state index in [1.165, 1.54) is 7.11 Å². The highest BCUT2D eigenvalue weighted by Crippen LogP contribution is 2.25. The first-order valence-electron chi connectivity index (χ1n) is 8.87. The average Bonchev–Trinajstić information content (AvgIpc) is 2.97. The molecule has 1 amide bonds. The maximum absolute atomic E-state index is 12.4. The van der Waals surface area contributed by atoms with Crippen LogP contribution in [0, 0.1) is 13.8 Å². The second kappa shape index (κ2) is 8.87. The molecule has 0 aliphatic heterocycles. The predicted molar refractivity (Wildman–Crippen MR) is 112 cm³/mol. The van der Waals surface area contributed by atoms with Gasteiger partial charge in [-0.3, -0.25) is 4.79 Å². The fourth-order valence-electron chi connectivity index (χ4n) is 3.17. The number of amides is 1. The summed E-state index contributed by atoms with van der Waals surface area (Å²) in [7, 11) is 1.50. The number of nitrogens with zero attached hydrogens (tertiary/aromatic N) is 2. The number of ether oxygens (including phenoxy) is 1. The summed E-state index contributed by atoms with van der Waals surface area (Å²) in [6.45, 7) is 3.99. The van der Waals surface area contributed by atoms with Crippen molar-refractivity contribution in [3.63, 3.8) is 0 Å². The number of para-hydroxylation sites is 1. The third-order valence-corrected chi connectivity index (χ3v) is 4.84. The fourth-order valence-corrected chi connectivity index (χ4v) is 3.39. The minimum Gasteiger partial charge on any atom is -0.367 e. The van der Waals surface area contributed by atoms with E-state index in [9.17, 15) is 4.79 Å². The molecule has 0 aliphatic carbocycles. The number of aryl methyl sites for hydroxylation is 1. The Kier molecular flexibility index (Phi) is 6.29. The van der Waals surface area contributed by atoms with Gasteiger partial charge in [-0.1, -0.05) is 54.1 Å². The molecule has 28 heavy (non-hydrogen) atoms. The van der Waals surface area contributed by atoms with E-state index in [1.807, 2.05) is 74.5 Å². The minimum atomic E-state index is -0.714. The number of methoxy groups -OCH3 is 1. The van der Waals surface area contributed by atoms with Gasteiger partial charge < -0.3 is 9.30 Å². The zero-order valence-corrected chi connectivity index (χ0v) is 16.8. The second-order valence-corrected chi connectivity index (χ2v) is 6.78. The van der Waals surface area contributed by atoms with Gasteiger partial charge >= 0.3 is 0 Å². The lowest BCUT2D eigenvalue weighted by molar-refractivity contribution is -0.131. The molecule has 3 aromatic rings. The van der Waals surface area contributed by atoms with Gasteiger partial charge in [0.15, 0.2) is 6.10 Å². The number of nitrogens with one attached hydrogen (secondary N) is 1. The lowest BCUT2D eigenvalue weighted by Crippen LogP contribution is -2.26. The van der Waals surface area contributed by atoms with E-state index in [-0.39, 0.29) is 5.91 Å². The smallest absolute Gasteiger partial charge is 0.273 e. The summed E-state index contributed by atoms with van der Waals surface area (Å²) in [6.07, 6.45) is 0.916. The minimum absolute atomic E-state index is 0.329. The van der Waals surface area contributed by atoms with Crippen molar-refractivity contribution in [1.82, 2.24) is 9.99 Å². The molecular formula is C22H22ClN3O2. The van der Waals surface area contributed by atoms with Crippen LogP contribution in [0.5, 0.6) is 0 Å². The van der Waals surface area contributed by atoms with Crippen molar-refractivity contribution < 1.29 is 9.53 Å². The quantitative estimate of drug-likeness (QED) is 0.490. The number of carbonyl (C=O) groups is 1. The molecule has 1 N–H and O–H groups in total. The van der Waals surface area contributed by atoms with E-state index in [1.54, 1.807) is 6.21 Å². The molecule has 0 radical (unpaired) electrons. The standard InChI is InChI=1S/C22H22ClN3O2/c1-15-13-18(16(2)26(15)20-12-8-7-11-19(20)23)14-24-25-22(27)21(28-3)17-9-5-4-6-10-17/h4-14,21H,1-3H3,(H,25,27)/b24-14-/t21-/m1/s1. The van der Waals surface area contributed by atoms with Crippen molar-refractivity contribution in [2.75, 3.05) is 7.11 Å². The second-order valence-electron chi connectivity index (χ2n) is 6.37. The van der Waals surface area contributed by atoms with E-state index in [2.05, 4.69) is 15.1 Å². The molecule has 1 aromatic heterocycles. The van der Waals surface area contributed by atoms with Crippen molar-refractivity contribution in [2.24, 2.45) is 5.10 Å². The van der Waals surface area contributed by atoms with Gasteiger partial charge in [0.2, 0.25) is 0 Å². The zero-order chi connectivity index (χ0) is 20.1. The lowest BCUT2D eigenvalue weighted by atomic mass is 10.1. The van der Waals surface area contributed by atoms with Crippen LogP contribution in [0.4, 0.5) is 0 Å². The van der Waals surface area contributed by atoms with Crippen LogP contribution < -0.4 is 5.43 Å². The van der Waals surface area contributed by atoms with E-state index in [4.69, 9.17) is 16.3 Å². The summed E-state index contributed by atoms with van der Waals surface area (Å²) in [5.41, 5.74) is 7.14. The molecule has 144 valence electrons. The Morgan fingerprint density at radius 2 is 1.82 bits per heavy atom. The van der Waals surface area contributed by atoms with E-state index >= 15 is 0 Å². The van der Waals surface area contributed by atoms with Gasteiger partial charge in [0, 0.05) is 24.1 Å². The molecule has 1 heterocycles. The van der Waals surface area contributed by atoms with Crippen LogP contribution in [-0.4, -0.2) is 23.8 Å². The highest BCUT2D eigenvalue weighted by molar-refractivity contribution is 6.32. The SMILES string of the molecule is CO[C@@H](C(=O)N/N=C\c1cc(C)n(-c2ccccc2Cl)c1C)c1ccccc1. The van der Waals surface area contributed by atoms with Crippen molar-refractivity contribution in [3.05, 3.63) is 88.2 Å². The summed E-state index contributed by atoms with van der Waals surface area (Å²) in [5.74, 6) is -0.329. The average molecular weight is 396 g/mol. The van der Waals surface area contributed by atoms with Crippen LogP contribution in [0.1, 0.15) is 28.6 Å². The van der Waals surface area contributed by atoms with Gasteiger partial charge in [-0.2, -0.15) is 5.10 Å². The summed E-state index contributed by atoms with van der Waals surface area (Å²) in [6, 6.07) is 19.0. The molecule has 0 aliphatic rings. The molecular weight excluding hydrogens is 374 g/mol. The molecule has 0 spiro atoms. The first kappa shape index (κ1) is 19.9. The van der Waals surface area contributed by atoms with Crippen LogP contribution in [0.3, 0.4) is 0 Å². The molecule has 0 unspecified atom stereocenters. The molecule has 5 nitrogen and oxygen atoms in total. The highest BCUT2D eigenvalue weighted by Gasteiger charge is 2.19. The van der Waals surface area contributed by atoms with Crippen molar-refractivity contribution >= 4 is 23.7 Å². The van der Waals surface area contributed by atoms with Crippen molar-refractivity contribution in [3.8, 4) is 5.69 Å². The summed E-state index contributed by atoms with van der Waals surface area (Å²) in [4.78, 5) is 12.4. The van der Waals surface area contributed by atoms with Gasteiger partial charge in [0.25, 0.3) is 5.91 Å². The highest BCUT2D eigenvalue weighted by atomic mass is 35.5. The van der Waals surface area contributed by atoms with Crippen LogP contribution in [0.25, 0.3) is 5.69 Å². The molecule has 0 fully saturated rings.